The van der Waals surface area contributed by atoms with Crippen LogP contribution in [0.4, 0.5) is 4.39 Å². The van der Waals surface area contributed by atoms with Crippen LogP contribution < -0.4 is 5.32 Å². The van der Waals surface area contributed by atoms with Crippen molar-refractivity contribution >= 4 is 11.6 Å². The first-order valence-corrected chi connectivity index (χ1v) is 6.83. The number of halogens is 2. The summed E-state index contributed by atoms with van der Waals surface area (Å²) in [6.45, 7) is 2.99. The van der Waals surface area contributed by atoms with Gasteiger partial charge in [0.2, 0.25) is 0 Å². The van der Waals surface area contributed by atoms with Gasteiger partial charge in [-0.3, -0.25) is 0 Å². The van der Waals surface area contributed by atoms with Crippen molar-refractivity contribution in [3.63, 3.8) is 0 Å². The average Bonchev–Trinajstić information content (AvgIpc) is 2.44. The minimum absolute atomic E-state index is 0.00656. The van der Waals surface area contributed by atoms with E-state index >= 15 is 0 Å². The van der Waals surface area contributed by atoms with Gasteiger partial charge >= 0.3 is 0 Å². The molecule has 1 nitrogen and oxygen atoms in total. The Bertz CT molecular complexity index is 528. The molecular weight excluding hydrogens is 261 g/mol. The van der Waals surface area contributed by atoms with Crippen LogP contribution in [0.3, 0.4) is 0 Å². The minimum Gasteiger partial charge on any atom is -0.306 e. The maximum absolute atomic E-state index is 13.6. The summed E-state index contributed by atoms with van der Waals surface area (Å²) in [5.41, 5.74) is 2.01. The summed E-state index contributed by atoms with van der Waals surface area (Å²) >= 11 is 5.74. The molecule has 2 rings (SSSR count). The molecule has 0 fully saturated rings. The van der Waals surface area contributed by atoms with Gasteiger partial charge in [0.25, 0.3) is 0 Å². The van der Waals surface area contributed by atoms with E-state index in [4.69, 9.17) is 11.6 Å². The molecule has 100 valence electrons. The predicted molar refractivity (Wildman–Crippen MR) is 78.0 cm³/mol. The standard InChI is InChI=1S/C16H17ClFN/c1-2-10-19-16(12-6-4-3-5-7-12)13-8-9-14(17)15(18)11-13/h3-9,11,16,19H,2,10H2,1H3. The summed E-state index contributed by atoms with van der Waals surface area (Å²) in [6.07, 6.45) is 1.03. The lowest BCUT2D eigenvalue weighted by Crippen LogP contribution is -2.23. The Morgan fingerprint density at radius 3 is 2.47 bits per heavy atom. The summed E-state index contributed by atoms with van der Waals surface area (Å²) in [6, 6.07) is 15.0. The second-order valence-corrected chi connectivity index (χ2v) is 4.88. The van der Waals surface area contributed by atoms with Gasteiger partial charge in [-0.15, -0.1) is 0 Å². The van der Waals surface area contributed by atoms with E-state index in [1.807, 2.05) is 36.4 Å². The second-order valence-electron chi connectivity index (χ2n) is 4.47. The van der Waals surface area contributed by atoms with Crippen LogP contribution in [-0.4, -0.2) is 6.54 Å². The SMILES string of the molecule is CCCNC(c1ccccc1)c1ccc(Cl)c(F)c1. The topological polar surface area (TPSA) is 12.0 Å². The molecular formula is C16H17ClFN. The molecule has 0 saturated carbocycles. The van der Waals surface area contributed by atoms with Gasteiger partial charge in [-0.2, -0.15) is 0 Å². The van der Waals surface area contributed by atoms with Crippen molar-refractivity contribution in [1.82, 2.24) is 5.32 Å². The third-order valence-corrected chi connectivity index (χ3v) is 3.31. The van der Waals surface area contributed by atoms with Gasteiger partial charge in [-0.25, -0.2) is 4.39 Å². The molecule has 1 unspecified atom stereocenters. The molecule has 0 bridgehead atoms. The molecule has 2 aromatic rings. The number of hydrogen-bond donors (Lipinski definition) is 1. The molecule has 1 N–H and O–H groups in total. The molecule has 0 aliphatic heterocycles. The van der Waals surface area contributed by atoms with Crippen molar-refractivity contribution in [3.05, 3.63) is 70.5 Å². The van der Waals surface area contributed by atoms with Crippen molar-refractivity contribution in [1.29, 1.82) is 0 Å². The summed E-state index contributed by atoms with van der Waals surface area (Å²) in [7, 11) is 0. The fraction of sp³-hybridized carbons (Fsp3) is 0.250. The largest absolute Gasteiger partial charge is 0.306 e. The number of rotatable bonds is 5. The molecule has 0 saturated heterocycles. The van der Waals surface area contributed by atoms with Gasteiger partial charge in [-0.05, 0) is 36.2 Å². The van der Waals surface area contributed by atoms with E-state index in [2.05, 4.69) is 12.2 Å². The summed E-state index contributed by atoms with van der Waals surface area (Å²) in [4.78, 5) is 0. The quantitative estimate of drug-likeness (QED) is 0.844. The Hall–Kier alpha value is -1.38. The van der Waals surface area contributed by atoms with Gasteiger partial charge < -0.3 is 5.32 Å². The van der Waals surface area contributed by atoms with Gasteiger partial charge in [0.05, 0.1) is 11.1 Å². The third-order valence-electron chi connectivity index (χ3n) is 3.01. The average molecular weight is 278 g/mol. The molecule has 19 heavy (non-hydrogen) atoms. The number of nitrogens with one attached hydrogen (secondary N) is 1. The lowest BCUT2D eigenvalue weighted by Gasteiger charge is -2.19. The Labute approximate surface area is 118 Å². The molecule has 0 aliphatic rings. The summed E-state index contributed by atoms with van der Waals surface area (Å²) in [5.74, 6) is -0.376. The van der Waals surface area contributed by atoms with Gasteiger partial charge in [0, 0.05) is 0 Å². The Kier molecular flexibility index (Phi) is 4.94. The smallest absolute Gasteiger partial charge is 0.142 e. The highest BCUT2D eigenvalue weighted by Gasteiger charge is 2.14. The van der Waals surface area contributed by atoms with Crippen LogP contribution in [0, 0.1) is 5.82 Å². The maximum Gasteiger partial charge on any atom is 0.142 e. The molecule has 3 heteroatoms. The maximum atomic E-state index is 13.6. The highest BCUT2D eigenvalue weighted by Crippen LogP contribution is 2.25. The van der Waals surface area contributed by atoms with Gasteiger partial charge in [0.15, 0.2) is 0 Å². The van der Waals surface area contributed by atoms with Crippen molar-refractivity contribution in [2.24, 2.45) is 0 Å². The Morgan fingerprint density at radius 1 is 1.11 bits per heavy atom. The highest BCUT2D eigenvalue weighted by atomic mass is 35.5. The Balaban J connectivity index is 2.34. The van der Waals surface area contributed by atoms with Crippen LogP contribution in [-0.2, 0) is 0 Å². The second kappa shape index (κ2) is 6.69. The molecule has 0 spiro atoms. The van der Waals surface area contributed by atoms with E-state index < -0.39 is 0 Å². The van der Waals surface area contributed by atoms with Crippen LogP contribution in [0.25, 0.3) is 0 Å². The normalized spacial score (nSPS) is 12.4. The van der Waals surface area contributed by atoms with Crippen molar-refractivity contribution < 1.29 is 4.39 Å². The van der Waals surface area contributed by atoms with Crippen LogP contribution in [0.5, 0.6) is 0 Å². The zero-order chi connectivity index (χ0) is 13.7. The Morgan fingerprint density at radius 2 is 1.84 bits per heavy atom. The van der Waals surface area contributed by atoms with Crippen LogP contribution in [0.15, 0.2) is 48.5 Å². The van der Waals surface area contributed by atoms with Gasteiger partial charge in [0.1, 0.15) is 5.82 Å². The summed E-state index contributed by atoms with van der Waals surface area (Å²) < 4.78 is 13.6. The van der Waals surface area contributed by atoms with E-state index in [-0.39, 0.29) is 16.9 Å². The molecule has 1 atom stereocenters. The fourth-order valence-electron chi connectivity index (χ4n) is 2.05. The van der Waals surface area contributed by atoms with Crippen molar-refractivity contribution in [3.8, 4) is 0 Å². The predicted octanol–water partition coefficient (Wildman–Crippen LogP) is 4.57. The molecule has 0 amide bonds. The van der Waals surface area contributed by atoms with Crippen LogP contribution in [0.1, 0.15) is 30.5 Å². The molecule has 0 heterocycles. The fourth-order valence-corrected chi connectivity index (χ4v) is 2.17. The minimum atomic E-state index is -0.376. The van der Waals surface area contributed by atoms with Crippen molar-refractivity contribution in [2.75, 3.05) is 6.54 Å². The van der Waals surface area contributed by atoms with E-state index in [0.717, 1.165) is 24.1 Å². The first-order valence-electron chi connectivity index (χ1n) is 6.45. The molecule has 0 aliphatic carbocycles. The lowest BCUT2D eigenvalue weighted by molar-refractivity contribution is 0.585. The first kappa shape index (κ1) is 14.0. The third kappa shape index (κ3) is 3.55. The van der Waals surface area contributed by atoms with E-state index in [0.29, 0.717) is 0 Å². The van der Waals surface area contributed by atoms with E-state index in [1.54, 1.807) is 6.07 Å². The highest BCUT2D eigenvalue weighted by molar-refractivity contribution is 6.30. The van der Waals surface area contributed by atoms with E-state index in [1.165, 1.54) is 6.07 Å². The first-order chi connectivity index (χ1) is 9.22. The van der Waals surface area contributed by atoms with Gasteiger partial charge in [-0.1, -0.05) is 54.9 Å². The summed E-state index contributed by atoms with van der Waals surface area (Å²) in [5, 5.41) is 3.60. The van der Waals surface area contributed by atoms with Crippen molar-refractivity contribution in [2.45, 2.75) is 19.4 Å². The molecule has 0 aromatic heterocycles. The van der Waals surface area contributed by atoms with E-state index in [9.17, 15) is 4.39 Å². The number of hydrogen-bond acceptors (Lipinski definition) is 1. The van der Waals surface area contributed by atoms with Crippen LogP contribution in [0.2, 0.25) is 5.02 Å². The van der Waals surface area contributed by atoms with Crippen LogP contribution >= 0.6 is 11.6 Å². The molecule has 2 aromatic carbocycles. The molecule has 0 radical (unpaired) electrons. The monoisotopic (exact) mass is 277 g/mol. The zero-order valence-corrected chi connectivity index (χ0v) is 11.6. The number of benzene rings is 2. The lowest BCUT2D eigenvalue weighted by atomic mass is 9.98. The zero-order valence-electron chi connectivity index (χ0n) is 10.9.